The lowest BCUT2D eigenvalue weighted by Crippen LogP contribution is -2.28. The minimum absolute atomic E-state index is 0.0989. The van der Waals surface area contributed by atoms with E-state index in [1.807, 2.05) is 18.2 Å². The van der Waals surface area contributed by atoms with Crippen LogP contribution in [0.2, 0.25) is 0 Å². The van der Waals surface area contributed by atoms with Gasteiger partial charge in [-0.25, -0.2) is 8.78 Å². The van der Waals surface area contributed by atoms with Gasteiger partial charge >= 0.3 is 6.36 Å². The average molecular weight is 504 g/mol. The lowest BCUT2D eigenvalue weighted by Gasteiger charge is -2.25. The van der Waals surface area contributed by atoms with Gasteiger partial charge in [0.05, 0.1) is 5.56 Å². The van der Waals surface area contributed by atoms with E-state index in [0.29, 0.717) is 11.5 Å². The molecule has 0 saturated heterocycles. The lowest BCUT2D eigenvalue weighted by molar-refractivity contribution is -0.274. The summed E-state index contributed by atoms with van der Waals surface area (Å²) in [6.07, 6.45) is -2.76. The first kappa shape index (κ1) is 26.0. The summed E-state index contributed by atoms with van der Waals surface area (Å²) in [6.45, 7) is 4.22. The van der Waals surface area contributed by atoms with Gasteiger partial charge < -0.3 is 9.47 Å². The second kappa shape index (κ2) is 9.41. The third-order valence-corrected chi connectivity index (χ3v) is 6.17. The van der Waals surface area contributed by atoms with Crippen LogP contribution in [0, 0.1) is 24.5 Å². The van der Waals surface area contributed by atoms with Crippen molar-refractivity contribution in [3.63, 3.8) is 0 Å². The van der Waals surface area contributed by atoms with E-state index in [1.54, 1.807) is 0 Å². The fourth-order valence-electron chi connectivity index (χ4n) is 4.74. The molecule has 2 radical (unpaired) electrons. The Bertz CT molecular complexity index is 1260. The highest BCUT2D eigenvalue weighted by atomic mass is 19.4. The van der Waals surface area contributed by atoms with Crippen LogP contribution in [0.3, 0.4) is 0 Å². The summed E-state index contributed by atoms with van der Waals surface area (Å²) in [7, 11) is 5.61. The van der Waals surface area contributed by atoms with Crippen molar-refractivity contribution in [1.29, 1.82) is 0 Å². The number of halogens is 6. The Kier molecular flexibility index (Phi) is 6.79. The number of rotatable bonds is 6. The van der Waals surface area contributed by atoms with E-state index >= 15 is 4.39 Å². The summed E-state index contributed by atoms with van der Waals surface area (Å²) >= 11 is 0. The van der Waals surface area contributed by atoms with Gasteiger partial charge in [0.1, 0.15) is 31.0 Å². The average Bonchev–Trinajstić information content (AvgIpc) is 3.08. The summed E-state index contributed by atoms with van der Waals surface area (Å²) in [4.78, 5) is 0. The van der Waals surface area contributed by atoms with E-state index in [-0.39, 0.29) is 17.7 Å². The molecule has 0 spiro atoms. The molecule has 9 heteroatoms. The highest BCUT2D eigenvalue weighted by molar-refractivity contribution is 6.34. The molecule has 2 atom stereocenters. The van der Waals surface area contributed by atoms with Crippen LogP contribution in [0.4, 0.5) is 26.3 Å². The van der Waals surface area contributed by atoms with Crippen LogP contribution in [0.25, 0.3) is 0 Å². The first-order valence-electron chi connectivity index (χ1n) is 11.3. The Hall–Kier alpha value is -3.10. The Morgan fingerprint density at radius 3 is 2.14 bits per heavy atom. The molecule has 3 aromatic carbocycles. The van der Waals surface area contributed by atoms with Crippen molar-refractivity contribution in [2.45, 2.75) is 52.3 Å². The normalized spacial score (nSPS) is 17.0. The highest BCUT2D eigenvalue weighted by Crippen LogP contribution is 2.36. The van der Waals surface area contributed by atoms with Gasteiger partial charge in [-0.1, -0.05) is 30.6 Å². The van der Waals surface area contributed by atoms with Crippen LogP contribution in [0.5, 0.6) is 11.5 Å². The molecule has 0 fully saturated rings. The molecule has 0 aromatic heterocycles. The molecule has 0 saturated carbocycles. The van der Waals surface area contributed by atoms with Crippen LogP contribution in [-0.4, -0.2) is 14.2 Å². The minimum Gasteiger partial charge on any atom is -0.454 e. The molecule has 0 N–H and O–H groups in total. The maximum Gasteiger partial charge on any atom is 0.573 e. The molecule has 0 bridgehead atoms. The lowest BCUT2D eigenvalue weighted by atomic mass is 9.92. The second-order valence-electron chi connectivity index (χ2n) is 9.45. The number of alkyl halides is 4. The monoisotopic (exact) mass is 504 g/mol. The Balaban J connectivity index is 1.56. The van der Waals surface area contributed by atoms with Gasteiger partial charge in [0, 0.05) is 6.92 Å². The predicted molar refractivity (Wildman–Crippen MR) is 125 cm³/mol. The van der Waals surface area contributed by atoms with E-state index in [0.717, 1.165) is 49.6 Å². The van der Waals surface area contributed by atoms with Crippen LogP contribution < -0.4 is 14.9 Å². The maximum absolute atomic E-state index is 15.5. The Morgan fingerprint density at radius 1 is 0.889 bits per heavy atom. The molecule has 0 amide bonds. The molecule has 0 aliphatic heterocycles. The van der Waals surface area contributed by atoms with Crippen molar-refractivity contribution in [2.75, 3.05) is 0 Å². The summed E-state index contributed by atoms with van der Waals surface area (Å²) in [6, 6.07) is 10.0. The van der Waals surface area contributed by atoms with Crippen LogP contribution >= 0.6 is 0 Å². The molecular formula is C27H23BF6O2. The zero-order valence-electron chi connectivity index (χ0n) is 19.9. The molecule has 188 valence electrons. The van der Waals surface area contributed by atoms with Crippen molar-refractivity contribution >= 4 is 13.3 Å². The largest absolute Gasteiger partial charge is 0.573 e. The minimum atomic E-state index is -4.98. The van der Waals surface area contributed by atoms with Crippen LogP contribution in [-0.2, 0) is 25.1 Å². The second-order valence-corrected chi connectivity index (χ2v) is 9.45. The molecule has 0 heterocycles. The van der Waals surface area contributed by atoms with Crippen molar-refractivity contribution in [3.05, 3.63) is 87.5 Å². The molecule has 1 aliphatic rings. The fourth-order valence-corrected chi connectivity index (χ4v) is 4.74. The van der Waals surface area contributed by atoms with E-state index in [4.69, 9.17) is 12.6 Å². The SMILES string of the molecule is [B]c1cc(OC(C)(F)c2c(F)cc(Cc3ccc4c(c3)CC(C)C4)cc2F)cc(C)c1OC(F)(F)F. The van der Waals surface area contributed by atoms with E-state index < -0.39 is 40.6 Å². The number of ether oxygens (including phenoxy) is 2. The van der Waals surface area contributed by atoms with Gasteiger partial charge in [0.2, 0.25) is 0 Å². The summed E-state index contributed by atoms with van der Waals surface area (Å²) < 4.78 is 92.1. The third-order valence-electron chi connectivity index (χ3n) is 6.17. The molecule has 3 aromatic rings. The van der Waals surface area contributed by atoms with Crippen LogP contribution in [0.15, 0.2) is 42.5 Å². The molecular weight excluding hydrogens is 481 g/mol. The molecule has 36 heavy (non-hydrogen) atoms. The van der Waals surface area contributed by atoms with Gasteiger partial charge in [-0.15, -0.1) is 13.2 Å². The summed E-state index contributed by atoms with van der Waals surface area (Å²) in [5.74, 6) is -5.71. The molecule has 1 aliphatic carbocycles. The number of hydrogen-bond donors (Lipinski definition) is 0. The summed E-state index contributed by atoms with van der Waals surface area (Å²) in [5, 5.41) is 0. The first-order valence-corrected chi connectivity index (χ1v) is 11.3. The highest BCUT2D eigenvalue weighted by Gasteiger charge is 2.36. The van der Waals surface area contributed by atoms with Crippen molar-refractivity contribution in [3.8, 4) is 11.5 Å². The van der Waals surface area contributed by atoms with Gasteiger partial charge in [0.25, 0.3) is 5.85 Å². The van der Waals surface area contributed by atoms with Gasteiger partial charge in [-0.3, -0.25) is 0 Å². The number of aryl methyl sites for hydroxylation is 1. The van der Waals surface area contributed by atoms with Crippen LogP contribution in [0.1, 0.15) is 47.2 Å². The van der Waals surface area contributed by atoms with Gasteiger partial charge in [-0.05, 0) is 84.2 Å². The molecule has 2 unspecified atom stereocenters. The predicted octanol–water partition coefficient (Wildman–Crippen LogP) is 6.51. The van der Waals surface area contributed by atoms with Crippen molar-refractivity contribution in [1.82, 2.24) is 0 Å². The standard InChI is InChI=1S/C27H23BF6O2/c1-14-6-18-5-4-16(10-19(18)7-14)9-17-11-22(29)24(23(30)12-17)26(3,31)35-20-8-15(2)25(21(28)13-20)36-27(32,33)34/h4-5,8,10-14H,6-7,9H2,1-3H3. The van der Waals surface area contributed by atoms with E-state index in [9.17, 15) is 22.0 Å². The first-order chi connectivity index (χ1) is 16.7. The smallest absolute Gasteiger partial charge is 0.454 e. The van der Waals surface area contributed by atoms with Crippen molar-refractivity contribution in [2.24, 2.45) is 5.92 Å². The van der Waals surface area contributed by atoms with E-state index in [2.05, 4.69) is 11.7 Å². The van der Waals surface area contributed by atoms with Gasteiger partial charge in [0.15, 0.2) is 0 Å². The fraction of sp³-hybridized carbons (Fsp3) is 0.333. The number of benzene rings is 3. The van der Waals surface area contributed by atoms with Gasteiger partial charge in [-0.2, -0.15) is 4.39 Å². The molecule has 2 nitrogen and oxygen atoms in total. The zero-order valence-corrected chi connectivity index (χ0v) is 19.9. The zero-order chi connectivity index (χ0) is 26.4. The quantitative estimate of drug-likeness (QED) is 0.282. The Labute approximate surface area is 206 Å². The van der Waals surface area contributed by atoms with E-state index in [1.165, 1.54) is 18.1 Å². The topological polar surface area (TPSA) is 18.5 Å². The summed E-state index contributed by atoms with van der Waals surface area (Å²) in [5.41, 5.74) is 2.18. The molecule has 4 rings (SSSR count). The number of fused-ring (bicyclic) bond motifs is 1. The Morgan fingerprint density at radius 2 is 1.53 bits per heavy atom. The number of hydrogen-bond acceptors (Lipinski definition) is 2. The van der Waals surface area contributed by atoms with Crippen molar-refractivity contribution < 1.29 is 35.8 Å². The maximum atomic E-state index is 15.5. The third kappa shape index (κ3) is 5.66.